The molecule has 10 rings (SSSR count). The maximum absolute atomic E-state index is 2.39. The molecule has 53 heavy (non-hydrogen) atoms. The van der Waals surface area contributed by atoms with Crippen LogP contribution in [-0.2, 0) is 0 Å². The molecule has 0 aliphatic heterocycles. The Kier molecular flexibility index (Phi) is 7.55. The first kappa shape index (κ1) is 30.8. The number of benzene rings is 10. The molecular weight excluding hydrogens is 639 g/mol. The van der Waals surface area contributed by atoms with Crippen LogP contribution in [0.25, 0.3) is 76.5 Å². The van der Waals surface area contributed by atoms with Crippen molar-refractivity contribution >= 4 is 60.2 Å². The Morgan fingerprint density at radius 2 is 0.736 bits per heavy atom. The maximum atomic E-state index is 2.39. The maximum Gasteiger partial charge on any atom is 0.0540 e. The van der Waals surface area contributed by atoms with Crippen molar-refractivity contribution in [2.24, 2.45) is 0 Å². The van der Waals surface area contributed by atoms with Crippen LogP contribution in [0.15, 0.2) is 212 Å². The van der Waals surface area contributed by atoms with Crippen LogP contribution in [0, 0.1) is 0 Å². The zero-order valence-corrected chi connectivity index (χ0v) is 29.2. The zero-order chi connectivity index (χ0) is 35.1. The Labute approximate surface area is 309 Å². The molecule has 0 bridgehead atoms. The summed E-state index contributed by atoms with van der Waals surface area (Å²) in [6, 6.07) is 77.2. The van der Waals surface area contributed by atoms with E-state index >= 15 is 0 Å². The van der Waals surface area contributed by atoms with Crippen LogP contribution < -0.4 is 4.90 Å². The van der Waals surface area contributed by atoms with E-state index in [-0.39, 0.29) is 0 Å². The highest BCUT2D eigenvalue weighted by Gasteiger charge is 2.18. The van der Waals surface area contributed by atoms with Crippen LogP contribution in [0.5, 0.6) is 0 Å². The van der Waals surface area contributed by atoms with Gasteiger partial charge >= 0.3 is 0 Å². The summed E-state index contributed by atoms with van der Waals surface area (Å²) in [6.07, 6.45) is 0. The minimum absolute atomic E-state index is 1.10. The van der Waals surface area contributed by atoms with Crippen LogP contribution in [0.2, 0.25) is 0 Å². The summed E-state index contributed by atoms with van der Waals surface area (Å²) >= 11 is 0. The predicted octanol–water partition coefficient (Wildman–Crippen LogP) is 14.8. The Morgan fingerprint density at radius 3 is 1.49 bits per heavy atom. The number of nitrogens with zero attached hydrogens (tertiary/aromatic N) is 1. The largest absolute Gasteiger partial charge is 0.310 e. The lowest BCUT2D eigenvalue weighted by Crippen LogP contribution is -2.11. The summed E-state index contributed by atoms with van der Waals surface area (Å²) in [4.78, 5) is 2.39. The first-order chi connectivity index (χ1) is 26.3. The summed E-state index contributed by atoms with van der Waals surface area (Å²) < 4.78 is 0. The monoisotopic (exact) mass is 673 g/mol. The number of rotatable bonds is 6. The lowest BCUT2D eigenvalue weighted by Gasteiger charge is -2.28. The molecule has 0 heterocycles. The second-order valence-electron chi connectivity index (χ2n) is 13.7. The fraction of sp³-hybridized carbons (Fsp3) is 0. The average molecular weight is 674 g/mol. The van der Waals surface area contributed by atoms with Gasteiger partial charge < -0.3 is 4.90 Å². The van der Waals surface area contributed by atoms with Crippen molar-refractivity contribution in [2.45, 2.75) is 0 Å². The van der Waals surface area contributed by atoms with Crippen molar-refractivity contribution in [2.75, 3.05) is 4.90 Å². The molecule has 0 saturated heterocycles. The van der Waals surface area contributed by atoms with Gasteiger partial charge in [-0.3, -0.25) is 0 Å². The number of hydrogen-bond donors (Lipinski definition) is 0. The highest BCUT2D eigenvalue weighted by molar-refractivity contribution is 6.17. The molecule has 0 unspecified atom stereocenters. The van der Waals surface area contributed by atoms with Gasteiger partial charge in [-0.05, 0) is 107 Å². The Balaban J connectivity index is 1.08. The van der Waals surface area contributed by atoms with Crippen molar-refractivity contribution in [3.8, 4) is 33.4 Å². The predicted molar refractivity (Wildman–Crippen MR) is 227 cm³/mol. The van der Waals surface area contributed by atoms with Gasteiger partial charge in [0.1, 0.15) is 0 Å². The van der Waals surface area contributed by atoms with Gasteiger partial charge in [-0.25, -0.2) is 0 Å². The molecule has 10 aromatic carbocycles. The molecule has 0 aliphatic carbocycles. The van der Waals surface area contributed by atoms with Gasteiger partial charge in [0.15, 0.2) is 0 Å². The topological polar surface area (TPSA) is 3.24 Å². The van der Waals surface area contributed by atoms with Crippen LogP contribution in [0.1, 0.15) is 0 Å². The smallest absolute Gasteiger partial charge is 0.0540 e. The Morgan fingerprint density at radius 1 is 0.245 bits per heavy atom. The van der Waals surface area contributed by atoms with Gasteiger partial charge in [0.05, 0.1) is 5.69 Å². The molecule has 0 radical (unpaired) electrons. The fourth-order valence-corrected chi connectivity index (χ4v) is 8.03. The molecule has 0 N–H and O–H groups in total. The summed E-state index contributed by atoms with van der Waals surface area (Å²) in [7, 11) is 0. The summed E-state index contributed by atoms with van der Waals surface area (Å²) in [6.45, 7) is 0. The van der Waals surface area contributed by atoms with Gasteiger partial charge in [0.25, 0.3) is 0 Å². The fourth-order valence-electron chi connectivity index (χ4n) is 8.03. The molecule has 0 aliphatic rings. The summed E-state index contributed by atoms with van der Waals surface area (Å²) in [5.74, 6) is 0. The molecule has 1 heteroatoms. The number of anilines is 3. The first-order valence-corrected chi connectivity index (χ1v) is 18.3. The van der Waals surface area contributed by atoms with Gasteiger partial charge in [0, 0.05) is 16.9 Å². The van der Waals surface area contributed by atoms with E-state index in [1.807, 2.05) is 0 Å². The van der Waals surface area contributed by atoms with Gasteiger partial charge in [-0.2, -0.15) is 0 Å². The third-order valence-electron chi connectivity index (χ3n) is 10.7. The first-order valence-electron chi connectivity index (χ1n) is 18.3. The van der Waals surface area contributed by atoms with Crippen molar-refractivity contribution in [3.05, 3.63) is 212 Å². The van der Waals surface area contributed by atoms with Crippen LogP contribution in [0.3, 0.4) is 0 Å². The standard InChI is InChI=1S/C52H35N/c1-2-11-38(12-3-1)48-18-8-9-20-52(48)53(44-31-25-40(26-32-44)46-19-10-15-37-13-4-6-16-45(37)46)43-29-23-36(24-30-43)42-22-21-41-28-33-49-47-17-7-5-14-39(47)27-34-50(49)51(41)35-42/h1-35H. The highest BCUT2D eigenvalue weighted by atomic mass is 15.1. The van der Waals surface area contributed by atoms with Crippen LogP contribution in [-0.4, -0.2) is 0 Å². The molecule has 0 amide bonds. The minimum atomic E-state index is 1.10. The van der Waals surface area contributed by atoms with E-state index in [2.05, 4.69) is 217 Å². The molecular formula is C52H35N. The van der Waals surface area contributed by atoms with Crippen molar-refractivity contribution < 1.29 is 0 Å². The van der Waals surface area contributed by atoms with Gasteiger partial charge in [0.2, 0.25) is 0 Å². The highest BCUT2D eigenvalue weighted by Crippen LogP contribution is 2.42. The third-order valence-corrected chi connectivity index (χ3v) is 10.7. The second-order valence-corrected chi connectivity index (χ2v) is 13.7. The van der Waals surface area contributed by atoms with E-state index in [1.54, 1.807) is 0 Å². The van der Waals surface area contributed by atoms with Crippen molar-refractivity contribution in [3.63, 3.8) is 0 Å². The molecule has 0 aromatic heterocycles. The van der Waals surface area contributed by atoms with Crippen molar-refractivity contribution in [1.29, 1.82) is 0 Å². The summed E-state index contributed by atoms with van der Waals surface area (Å²) in [5.41, 5.74) is 10.6. The quantitative estimate of drug-likeness (QED) is 0.159. The second kappa shape index (κ2) is 13.0. The van der Waals surface area contributed by atoms with Crippen LogP contribution >= 0.6 is 0 Å². The normalized spacial score (nSPS) is 11.4. The van der Waals surface area contributed by atoms with Gasteiger partial charge in [-0.1, -0.05) is 176 Å². The molecule has 10 aromatic rings. The molecule has 0 atom stereocenters. The molecule has 1 nitrogen and oxygen atoms in total. The third kappa shape index (κ3) is 5.51. The van der Waals surface area contributed by atoms with E-state index < -0.39 is 0 Å². The molecule has 248 valence electrons. The zero-order valence-electron chi connectivity index (χ0n) is 29.2. The van der Waals surface area contributed by atoms with Crippen LogP contribution in [0.4, 0.5) is 17.1 Å². The minimum Gasteiger partial charge on any atom is -0.310 e. The van der Waals surface area contributed by atoms with E-state index in [9.17, 15) is 0 Å². The molecule has 0 fully saturated rings. The SMILES string of the molecule is c1ccc(-c2ccccc2N(c2ccc(-c3ccc4ccc5c6ccccc6ccc5c4c3)cc2)c2ccc(-c3cccc4ccccc34)cc2)cc1. The van der Waals surface area contributed by atoms with E-state index in [0.29, 0.717) is 0 Å². The number of fused-ring (bicyclic) bond motifs is 6. The molecule has 0 spiro atoms. The van der Waals surface area contributed by atoms with E-state index in [1.165, 1.54) is 76.5 Å². The van der Waals surface area contributed by atoms with Crippen molar-refractivity contribution in [1.82, 2.24) is 0 Å². The Bertz CT molecular complexity index is 2920. The van der Waals surface area contributed by atoms with E-state index in [4.69, 9.17) is 0 Å². The van der Waals surface area contributed by atoms with Gasteiger partial charge in [-0.15, -0.1) is 0 Å². The lowest BCUT2D eigenvalue weighted by atomic mass is 9.94. The van der Waals surface area contributed by atoms with E-state index in [0.717, 1.165) is 17.1 Å². The number of hydrogen-bond acceptors (Lipinski definition) is 1. The number of para-hydroxylation sites is 1. The lowest BCUT2D eigenvalue weighted by molar-refractivity contribution is 1.28. The average Bonchev–Trinajstić information content (AvgIpc) is 3.24. The summed E-state index contributed by atoms with van der Waals surface area (Å²) in [5, 5.41) is 10.2. The molecule has 0 saturated carbocycles. The Hall–Kier alpha value is -6.96.